The van der Waals surface area contributed by atoms with Crippen LogP contribution in [0.5, 0.6) is 0 Å². The van der Waals surface area contributed by atoms with E-state index in [0.29, 0.717) is 15.7 Å². The highest BCUT2D eigenvalue weighted by Gasteiger charge is 2.15. The molecule has 0 unspecified atom stereocenters. The number of nitrogens with one attached hydrogen (secondary N) is 1. The SMILES string of the molecule is C=C/C=C(/NC(=O)C[n+]1cccc(C(=O)OC)c1)C(=C)Br.CC. The fourth-order valence-electron chi connectivity index (χ4n) is 1.53. The molecule has 0 spiro atoms. The van der Waals surface area contributed by atoms with Gasteiger partial charge in [0.25, 0.3) is 5.91 Å². The lowest BCUT2D eigenvalue weighted by molar-refractivity contribution is -0.684. The standard InChI is InChI=1S/C15H15BrN2O3.C2H6/c1-4-6-13(11(2)16)17-14(19)10-18-8-5-7-12(9-18)15(20)21-3;1-2/h4-9H,1-2,10H2,3H3;1-2H3/p+1/b13-6+;. The Labute approximate surface area is 145 Å². The molecule has 1 rings (SSSR count). The van der Waals surface area contributed by atoms with Gasteiger partial charge in [-0.05, 0) is 28.1 Å². The quantitative estimate of drug-likeness (QED) is 0.468. The zero-order valence-electron chi connectivity index (χ0n) is 13.6. The number of methoxy groups -OCH3 is 1. The van der Waals surface area contributed by atoms with Crippen molar-refractivity contribution >= 4 is 27.8 Å². The first-order valence-electron chi connectivity index (χ1n) is 7.02. The van der Waals surface area contributed by atoms with Crippen molar-refractivity contribution in [2.24, 2.45) is 0 Å². The van der Waals surface area contributed by atoms with Gasteiger partial charge in [-0.3, -0.25) is 4.79 Å². The average Bonchev–Trinajstić information content (AvgIpc) is 2.55. The van der Waals surface area contributed by atoms with Crippen LogP contribution in [-0.2, 0) is 16.1 Å². The van der Waals surface area contributed by atoms with Crippen LogP contribution < -0.4 is 9.88 Å². The van der Waals surface area contributed by atoms with Gasteiger partial charge in [0.15, 0.2) is 12.4 Å². The molecular weight excluding hydrogens is 360 g/mol. The van der Waals surface area contributed by atoms with Gasteiger partial charge in [-0.15, -0.1) is 0 Å². The highest BCUT2D eigenvalue weighted by atomic mass is 79.9. The van der Waals surface area contributed by atoms with Crippen molar-refractivity contribution in [2.45, 2.75) is 20.4 Å². The Balaban J connectivity index is 0.00000232. The van der Waals surface area contributed by atoms with E-state index in [-0.39, 0.29) is 12.5 Å². The van der Waals surface area contributed by atoms with Gasteiger partial charge in [0.2, 0.25) is 6.54 Å². The molecule has 0 aliphatic rings. The number of esters is 1. The van der Waals surface area contributed by atoms with Crippen LogP contribution in [0.2, 0.25) is 0 Å². The summed E-state index contributed by atoms with van der Waals surface area (Å²) in [6.45, 7) is 11.3. The third-order valence-corrected chi connectivity index (χ3v) is 2.88. The van der Waals surface area contributed by atoms with E-state index in [0.717, 1.165) is 0 Å². The van der Waals surface area contributed by atoms with Crippen LogP contribution in [0.1, 0.15) is 24.2 Å². The number of aromatic nitrogens is 1. The molecule has 0 saturated carbocycles. The molecule has 0 aromatic carbocycles. The molecule has 1 amide bonds. The monoisotopic (exact) mass is 381 g/mol. The van der Waals surface area contributed by atoms with Crippen LogP contribution in [0, 0.1) is 0 Å². The molecule has 1 aromatic rings. The third-order valence-electron chi connectivity index (χ3n) is 2.46. The second-order valence-electron chi connectivity index (χ2n) is 4.03. The summed E-state index contributed by atoms with van der Waals surface area (Å²) in [5.74, 6) is -0.707. The number of allylic oxidation sites excluding steroid dienone is 3. The highest BCUT2D eigenvalue weighted by Crippen LogP contribution is 2.11. The molecule has 6 heteroatoms. The second kappa shape index (κ2) is 11.4. The molecule has 0 saturated heterocycles. The second-order valence-corrected chi connectivity index (χ2v) is 4.98. The smallest absolute Gasteiger partial charge is 0.343 e. The minimum absolute atomic E-state index is 0.0552. The maximum absolute atomic E-state index is 12.0. The van der Waals surface area contributed by atoms with E-state index in [2.05, 4.69) is 39.1 Å². The van der Waals surface area contributed by atoms with Gasteiger partial charge in [-0.1, -0.05) is 33.1 Å². The van der Waals surface area contributed by atoms with Gasteiger partial charge < -0.3 is 10.1 Å². The van der Waals surface area contributed by atoms with Crippen LogP contribution in [0.4, 0.5) is 0 Å². The minimum atomic E-state index is -0.453. The molecule has 0 aliphatic heterocycles. The molecule has 23 heavy (non-hydrogen) atoms. The molecule has 0 aliphatic carbocycles. The van der Waals surface area contributed by atoms with Crippen molar-refractivity contribution in [2.75, 3.05) is 7.11 Å². The lowest BCUT2D eigenvalue weighted by Crippen LogP contribution is -2.42. The van der Waals surface area contributed by atoms with Crippen molar-refractivity contribution in [3.05, 3.63) is 65.6 Å². The van der Waals surface area contributed by atoms with Gasteiger partial charge in [0.05, 0.1) is 12.8 Å². The maximum Gasteiger partial charge on any atom is 0.343 e. The lowest BCUT2D eigenvalue weighted by Gasteiger charge is -2.06. The topological polar surface area (TPSA) is 59.3 Å². The Bertz CT molecular complexity index is 610. The molecule has 0 bridgehead atoms. The van der Waals surface area contributed by atoms with Gasteiger partial charge >= 0.3 is 5.97 Å². The number of carbonyl (C=O) groups excluding carboxylic acids is 2. The van der Waals surface area contributed by atoms with Crippen molar-refractivity contribution in [1.82, 2.24) is 5.32 Å². The Hall–Kier alpha value is -2.21. The van der Waals surface area contributed by atoms with E-state index in [1.165, 1.54) is 7.11 Å². The van der Waals surface area contributed by atoms with E-state index in [4.69, 9.17) is 0 Å². The first-order valence-corrected chi connectivity index (χ1v) is 7.82. The summed E-state index contributed by atoms with van der Waals surface area (Å²) < 4.78 is 6.77. The van der Waals surface area contributed by atoms with Crippen molar-refractivity contribution in [1.29, 1.82) is 0 Å². The summed E-state index contributed by atoms with van der Waals surface area (Å²) in [7, 11) is 1.31. The number of hydrogen-bond donors (Lipinski definition) is 1. The summed E-state index contributed by atoms with van der Waals surface area (Å²) >= 11 is 3.20. The summed E-state index contributed by atoms with van der Waals surface area (Å²) in [5, 5.41) is 2.70. The number of hydrogen-bond acceptors (Lipinski definition) is 3. The van der Waals surface area contributed by atoms with Crippen molar-refractivity contribution in [3.8, 4) is 0 Å². The number of nitrogens with zero attached hydrogens (tertiary/aromatic N) is 1. The Kier molecular flexibility index (Phi) is 10.3. The first-order chi connectivity index (χ1) is 11.0. The molecule has 0 radical (unpaired) electrons. The van der Waals surface area contributed by atoms with Crippen molar-refractivity contribution in [3.63, 3.8) is 0 Å². The van der Waals surface area contributed by atoms with E-state index < -0.39 is 5.97 Å². The van der Waals surface area contributed by atoms with E-state index in [1.54, 1.807) is 41.2 Å². The molecule has 1 heterocycles. The summed E-state index contributed by atoms with van der Waals surface area (Å²) in [6, 6.07) is 3.28. The molecule has 124 valence electrons. The average molecular weight is 382 g/mol. The zero-order valence-corrected chi connectivity index (χ0v) is 15.2. The van der Waals surface area contributed by atoms with Crippen LogP contribution in [0.25, 0.3) is 0 Å². The number of carbonyl (C=O) groups is 2. The zero-order chi connectivity index (χ0) is 17.8. The largest absolute Gasteiger partial charge is 0.465 e. The predicted octanol–water partition coefficient (Wildman–Crippen LogP) is 2.88. The number of ether oxygens (including phenoxy) is 1. The lowest BCUT2D eigenvalue weighted by atomic mass is 10.3. The Morgan fingerprint density at radius 3 is 2.61 bits per heavy atom. The van der Waals surface area contributed by atoms with Gasteiger partial charge in [-0.2, -0.15) is 4.57 Å². The van der Waals surface area contributed by atoms with Gasteiger partial charge in [-0.25, -0.2) is 4.79 Å². The van der Waals surface area contributed by atoms with E-state index >= 15 is 0 Å². The number of rotatable bonds is 6. The normalized spacial score (nSPS) is 10.0. The van der Waals surface area contributed by atoms with Gasteiger partial charge in [0, 0.05) is 10.5 Å². The molecule has 0 fully saturated rings. The fourth-order valence-corrected chi connectivity index (χ4v) is 1.76. The highest BCUT2D eigenvalue weighted by molar-refractivity contribution is 9.11. The minimum Gasteiger partial charge on any atom is -0.465 e. The number of amides is 1. The predicted molar refractivity (Wildman–Crippen MR) is 93.8 cm³/mol. The van der Waals surface area contributed by atoms with Crippen LogP contribution in [0.15, 0.2) is 60.0 Å². The number of halogens is 1. The van der Waals surface area contributed by atoms with E-state index in [9.17, 15) is 9.59 Å². The van der Waals surface area contributed by atoms with Gasteiger partial charge in [0.1, 0.15) is 5.56 Å². The fraction of sp³-hybridized carbons (Fsp3) is 0.235. The van der Waals surface area contributed by atoms with E-state index in [1.807, 2.05) is 13.8 Å². The third kappa shape index (κ3) is 7.56. The Morgan fingerprint density at radius 1 is 1.43 bits per heavy atom. The number of pyridine rings is 1. The molecule has 1 N–H and O–H groups in total. The first kappa shape index (κ1) is 20.8. The van der Waals surface area contributed by atoms with Crippen molar-refractivity contribution < 1.29 is 18.9 Å². The summed E-state index contributed by atoms with van der Waals surface area (Å²) in [4.78, 5) is 23.4. The summed E-state index contributed by atoms with van der Waals surface area (Å²) in [5.41, 5.74) is 0.902. The Morgan fingerprint density at radius 2 is 2.09 bits per heavy atom. The van der Waals surface area contributed by atoms with Crippen LogP contribution in [-0.4, -0.2) is 19.0 Å². The molecular formula is C17H22BrN2O3+. The van der Waals surface area contributed by atoms with Crippen LogP contribution in [0.3, 0.4) is 0 Å². The molecule has 5 nitrogen and oxygen atoms in total. The molecule has 1 aromatic heterocycles. The maximum atomic E-state index is 12.0. The molecule has 0 atom stereocenters. The summed E-state index contributed by atoms with van der Waals surface area (Å²) in [6.07, 6.45) is 6.41. The van der Waals surface area contributed by atoms with Crippen LogP contribution >= 0.6 is 15.9 Å².